The van der Waals surface area contributed by atoms with Crippen LogP contribution in [0.1, 0.15) is 0 Å². The van der Waals surface area contributed by atoms with Crippen molar-refractivity contribution >= 4 is 12.4 Å². The molecule has 0 aliphatic carbocycles. The van der Waals surface area contributed by atoms with Crippen LogP contribution in [0.4, 0.5) is 13.2 Å². The third-order valence-electron chi connectivity index (χ3n) is 0.502. The van der Waals surface area contributed by atoms with Crippen LogP contribution in [-0.2, 0) is 0 Å². The molecule has 0 saturated heterocycles. The first-order valence-corrected chi connectivity index (χ1v) is 1.78. The molecule has 0 radical (unpaired) electrons. The van der Waals surface area contributed by atoms with Crippen LogP contribution in [0.15, 0.2) is 0 Å². The zero-order valence-electron chi connectivity index (χ0n) is 3.98. The number of alkyl halides is 3. The van der Waals surface area contributed by atoms with Gasteiger partial charge in [-0.15, -0.1) is 12.4 Å². The lowest BCUT2D eigenvalue weighted by Gasteiger charge is -2.01. The molecule has 0 aromatic carbocycles. The zero-order valence-corrected chi connectivity index (χ0v) is 4.80. The van der Waals surface area contributed by atoms with Crippen molar-refractivity contribution < 1.29 is 13.2 Å². The second-order valence-corrected chi connectivity index (χ2v) is 1.15. The van der Waals surface area contributed by atoms with E-state index in [4.69, 9.17) is 0 Å². The van der Waals surface area contributed by atoms with Crippen LogP contribution < -0.4 is 5.73 Å². The Hall–Kier alpha value is 0.0400. The smallest absolute Gasteiger partial charge is 0.256 e. The van der Waals surface area contributed by atoms with Gasteiger partial charge in [-0.3, -0.25) is 0 Å². The lowest BCUT2D eigenvalue weighted by atomic mass is 10.4. The highest BCUT2D eigenvalue weighted by molar-refractivity contribution is 5.85. The van der Waals surface area contributed by atoms with Gasteiger partial charge in [-0.05, 0) is 0 Å². The SMILES string of the molecule is Cl.NC(CF)C(F)F. The molecule has 0 rings (SSSR count). The van der Waals surface area contributed by atoms with Crippen molar-refractivity contribution in [1.82, 2.24) is 0 Å². The Morgan fingerprint density at radius 2 is 1.75 bits per heavy atom. The second-order valence-electron chi connectivity index (χ2n) is 1.15. The lowest BCUT2D eigenvalue weighted by molar-refractivity contribution is 0.103. The molecule has 52 valence electrons. The fourth-order valence-electron chi connectivity index (χ4n) is 0.0673. The highest BCUT2D eigenvalue weighted by Gasteiger charge is 2.13. The predicted octanol–water partition coefficient (Wildman–Crippen LogP) is 0.970. The van der Waals surface area contributed by atoms with Gasteiger partial charge in [0.05, 0.1) is 6.04 Å². The summed E-state index contributed by atoms with van der Waals surface area (Å²) in [7, 11) is 0. The van der Waals surface area contributed by atoms with Crippen molar-refractivity contribution in [3.63, 3.8) is 0 Å². The Labute approximate surface area is 51.5 Å². The third-order valence-corrected chi connectivity index (χ3v) is 0.502. The molecule has 2 N–H and O–H groups in total. The van der Waals surface area contributed by atoms with E-state index in [0.29, 0.717) is 0 Å². The summed E-state index contributed by atoms with van der Waals surface area (Å²) in [5.41, 5.74) is 4.49. The minimum Gasteiger partial charge on any atom is -0.321 e. The number of halogens is 4. The molecule has 8 heavy (non-hydrogen) atoms. The Morgan fingerprint density at radius 3 is 1.75 bits per heavy atom. The molecule has 0 aromatic heterocycles. The summed E-state index contributed by atoms with van der Waals surface area (Å²) in [6.45, 7) is -1.16. The number of hydrogen-bond donors (Lipinski definition) is 1. The van der Waals surface area contributed by atoms with Gasteiger partial charge in [0.25, 0.3) is 6.43 Å². The molecule has 5 heteroatoms. The Kier molecular flexibility index (Phi) is 7.08. The van der Waals surface area contributed by atoms with E-state index in [1.54, 1.807) is 0 Å². The van der Waals surface area contributed by atoms with E-state index >= 15 is 0 Å². The van der Waals surface area contributed by atoms with Crippen LogP contribution in [0.2, 0.25) is 0 Å². The van der Waals surface area contributed by atoms with E-state index in [-0.39, 0.29) is 12.4 Å². The van der Waals surface area contributed by atoms with Crippen molar-refractivity contribution in [2.45, 2.75) is 12.5 Å². The fraction of sp³-hybridized carbons (Fsp3) is 1.00. The third kappa shape index (κ3) is 4.21. The zero-order chi connectivity index (χ0) is 5.86. The lowest BCUT2D eigenvalue weighted by Crippen LogP contribution is -2.30. The van der Waals surface area contributed by atoms with Crippen LogP contribution in [0.5, 0.6) is 0 Å². The molecule has 0 bridgehead atoms. The van der Waals surface area contributed by atoms with Crippen molar-refractivity contribution in [2.24, 2.45) is 5.73 Å². The number of nitrogens with two attached hydrogens (primary N) is 1. The van der Waals surface area contributed by atoms with Gasteiger partial charge in [0.1, 0.15) is 6.67 Å². The Morgan fingerprint density at radius 1 is 1.38 bits per heavy atom. The van der Waals surface area contributed by atoms with Crippen molar-refractivity contribution in [3.8, 4) is 0 Å². The number of hydrogen-bond acceptors (Lipinski definition) is 1. The summed E-state index contributed by atoms with van der Waals surface area (Å²) in [4.78, 5) is 0. The maximum absolute atomic E-state index is 11.1. The molecule has 1 nitrogen and oxygen atoms in total. The van der Waals surface area contributed by atoms with Gasteiger partial charge in [-0.2, -0.15) is 0 Å². The van der Waals surface area contributed by atoms with Crippen LogP contribution in [0.3, 0.4) is 0 Å². The van der Waals surface area contributed by atoms with E-state index in [1.807, 2.05) is 0 Å². The van der Waals surface area contributed by atoms with Gasteiger partial charge in [-0.1, -0.05) is 0 Å². The summed E-state index contributed by atoms with van der Waals surface area (Å²) >= 11 is 0. The molecular formula is C3H7ClF3N. The molecule has 1 atom stereocenters. The summed E-state index contributed by atoms with van der Waals surface area (Å²) in [5, 5.41) is 0. The van der Waals surface area contributed by atoms with Gasteiger partial charge in [0.15, 0.2) is 0 Å². The van der Waals surface area contributed by atoms with E-state index in [1.165, 1.54) is 0 Å². The largest absolute Gasteiger partial charge is 0.321 e. The average molecular weight is 150 g/mol. The summed E-state index contributed by atoms with van der Waals surface area (Å²) in [6.07, 6.45) is -2.73. The summed E-state index contributed by atoms with van der Waals surface area (Å²) in [5.74, 6) is 0. The summed E-state index contributed by atoms with van der Waals surface area (Å²) in [6, 6.07) is -1.60. The maximum atomic E-state index is 11.1. The van der Waals surface area contributed by atoms with Crippen molar-refractivity contribution in [2.75, 3.05) is 6.67 Å². The first-order chi connectivity index (χ1) is 3.18. The van der Waals surface area contributed by atoms with Crippen LogP contribution in [-0.4, -0.2) is 19.1 Å². The molecule has 0 fully saturated rings. The number of rotatable bonds is 2. The van der Waals surface area contributed by atoms with E-state index in [0.717, 1.165) is 0 Å². The van der Waals surface area contributed by atoms with E-state index < -0.39 is 19.1 Å². The highest BCUT2D eigenvalue weighted by atomic mass is 35.5. The molecule has 0 aliphatic heterocycles. The van der Waals surface area contributed by atoms with Gasteiger partial charge in [0, 0.05) is 0 Å². The molecule has 0 amide bonds. The first kappa shape index (κ1) is 10.9. The average Bonchev–Trinajstić information content (AvgIpc) is 1.65. The van der Waals surface area contributed by atoms with Crippen molar-refractivity contribution in [3.05, 3.63) is 0 Å². The Bertz CT molecular complexity index is 51.8. The quantitative estimate of drug-likeness (QED) is 0.622. The summed E-state index contributed by atoms with van der Waals surface area (Å²) < 4.78 is 33.2. The monoisotopic (exact) mass is 149 g/mol. The molecule has 0 heterocycles. The topological polar surface area (TPSA) is 26.0 Å². The first-order valence-electron chi connectivity index (χ1n) is 1.78. The molecule has 0 spiro atoms. The molecule has 0 aromatic rings. The molecule has 0 saturated carbocycles. The van der Waals surface area contributed by atoms with Crippen molar-refractivity contribution in [1.29, 1.82) is 0 Å². The minimum atomic E-state index is -2.73. The van der Waals surface area contributed by atoms with Crippen LogP contribution in [0, 0.1) is 0 Å². The fourth-order valence-corrected chi connectivity index (χ4v) is 0.0673. The van der Waals surface area contributed by atoms with Crippen LogP contribution >= 0.6 is 12.4 Å². The van der Waals surface area contributed by atoms with E-state index in [2.05, 4.69) is 5.73 Å². The van der Waals surface area contributed by atoms with Gasteiger partial charge >= 0.3 is 0 Å². The molecule has 0 aliphatic rings. The second kappa shape index (κ2) is 5.18. The standard InChI is InChI=1S/C3H6F3N.ClH/c4-1-2(7)3(5)6;/h2-3H,1,7H2;1H. The minimum absolute atomic E-state index is 0. The predicted molar refractivity (Wildman–Crippen MR) is 27.2 cm³/mol. The van der Waals surface area contributed by atoms with Gasteiger partial charge in [-0.25, -0.2) is 13.2 Å². The molecular weight excluding hydrogens is 142 g/mol. The maximum Gasteiger partial charge on any atom is 0.256 e. The van der Waals surface area contributed by atoms with Gasteiger partial charge in [0.2, 0.25) is 0 Å². The van der Waals surface area contributed by atoms with E-state index in [9.17, 15) is 13.2 Å². The Balaban J connectivity index is 0. The highest BCUT2D eigenvalue weighted by Crippen LogP contribution is 1.96. The normalized spacial score (nSPS) is 13.1. The molecule has 1 unspecified atom stereocenters. The van der Waals surface area contributed by atoms with Gasteiger partial charge < -0.3 is 5.73 Å². The van der Waals surface area contributed by atoms with Crippen LogP contribution in [0.25, 0.3) is 0 Å².